The minimum absolute atomic E-state index is 0.334. The number of aromatic amines is 1. The van der Waals surface area contributed by atoms with Crippen molar-refractivity contribution in [1.82, 2.24) is 25.3 Å². The van der Waals surface area contributed by atoms with Crippen LogP contribution in [-0.2, 0) is 4.74 Å². The lowest BCUT2D eigenvalue weighted by Crippen LogP contribution is -2.32. The molecule has 0 bridgehead atoms. The maximum Gasteiger partial charge on any atom is 0.339 e. The molecule has 4 heterocycles. The molecule has 7 heteroatoms. The number of piperidine rings is 1. The first-order chi connectivity index (χ1) is 15.7. The van der Waals surface area contributed by atoms with Crippen LogP contribution in [0.5, 0.6) is 0 Å². The lowest BCUT2D eigenvalue weighted by Gasteiger charge is -2.22. The van der Waals surface area contributed by atoms with Gasteiger partial charge in [-0.25, -0.2) is 9.78 Å². The van der Waals surface area contributed by atoms with E-state index in [4.69, 9.17) is 4.74 Å². The van der Waals surface area contributed by atoms with Gasteiger partial charge in [0.05, 0.1) is 41.1 Å². The highest BCUT2D eigenvalue weighted by molar-refractivity contribution is 5.95. The first-order valence-corrected chi connectivity index (χ1v) is 10.9. The van der Waals surface area contributed by atoms with Crippen LogP contribution < -0.4 is 5.32 Å². The van der Waals surface area contributed by atoms with Gasteiger partial charge in [-0.15, -0.1) is 0 Å². The zero-order valence-corrected chi connectivity index (χ0v) is 18.0. The number of hydrogen-bond donors (Lipinski definition) is 2. The van der Waals surface area contributed by atoms with Gasteiger partial charge in [0, 0.05) is 35.3 Å². The van der Waals surface area contributed by atoms with Crippen molar-refractivity contribution >= 4 is 16.9 Å². The highest BCUT2D eigenvalue weighted by atomic mass is 16.5. The first kappa shape index (κ1) is 20.3. The summed E-state index contributed by atoms with van der Waals surface area (Å²) in [5, 5.41) is 4.21. The molecule has 0 radical (unpaired) electrons. The van der Waals surface area contributed by atoms with Gasteiger partial charge in [-0.1, -0.05) is 12.1 Å². The maximum absolute atomic E-state index is 12.6. The van der Waals surface area contributed by atoms with Crippen molar-refractivity contribution in [2.75, 3.05) is 19.7 Å². The van der Waals surface area contributed by atoms with Gasteiger partial charge in [-0.3, -0.25) is 9.97 Å². The number of aryl methyl sites for hydroxylation is 1. The standard InChI is InChI=1S/C25H25N5O2/c1-16-4-2-6-22(30-16)24-23(28-15-29-24)18-7-8-21-19(10-18)11-20(13-27-21)25(31)32-14-17-5-3-9-26-12-17/h2,4,6-8,10-11,13,15,17,26H,3,5,9,12,14H2,1H3,(H,28,29)/t17-/m1/s1. The third-order valence-corrected chi connectivity index (χ3v) is 5.82. The number of benzene rings is 1. The molecule has 2 N–H and O–H groups in total. The Bertz CT molecular complexity index is 1260. The normalized spacial score (nSPS) is 16.2. The van der Waals surface area contributed by atoms with Crippen LogP contribution in [0, 0.1) is 12.8 Å². The second-order valence-corrected chi connectivity index (χ2v) is 8.23. The third kappa shape index (κ3) is 4.24. The van der Waals surface area contributed by atoms with E-state index in [1.54, 1.807) is 12.5 Å². The summed E-state index contributed by atoms with van der Waals surface area (Å²) in [6.07, 6.45) is 5.46. The van der Waals surface area contributed by atoms with E-state index >= 15 is 0 Å². The van der Waals surface area contributed by atoms with Gasteiger partial charge in [-0.2, -0.15) is 0 Å². The molecular formula is C25H25N5O2. The quantitative estimate of drug-likeness (QED) is 0.465. The van der Waals surface area contributed by atoms with Crippen LogP contribution in [0.15, 0.2) is 55.0 Å². The molecule has 1 saturated heterocycles. The van der Waals surface area contributed by atoms with Gasteiger partial charge in [0.15, 0.2) is 0 Å². The number of hydrogen-bond acceptors (Lipinski definition) is 6. The summed E-state index contributed by atoms with van der Waals surface area (Å²) < 4.78 is 5.56. The van der Waals surface area contributed by atoms with Gasteiger partial charge >= 0.3 is 5.97 Å². The molecule has 1 aliphatic rings. The minimum Gasteiger partial charge on any atom is -0.462 e. The number of nitrogens with zero attached hydrogens (tertiary/aromatic N) is 3. The lowest BCUT2D eigenvalue weighted by atomic mass is 10.0. The summed E-state index contributed by atoms with van der Waals surface area (Å²) in [6, 6.07) is 13.7. The van der Waals surface area contributed by atoms with Crippen molar-refractivity contribution in [2.45, 2.75) is 19.8 Å². The van der Waals surface area contributed by atoms with Crippen molar-refractivity contribution in [2.24, 2.45) is 5.92 Å². The number of imidazole rings is 1. The zero-order valence-electron chi connectivity index (χ0n) is 18.0. The number of pyridine rings is 2. The Kier molecular flexibility index (Phi) is 5.64. The number of rotatable bonds is 5. The van der Waals surface area contributed by atoms with Crippen molar-refractivity contribution in [3.63, 3.8) is 0 Å². The molecule has 4 aromatic rings. The Morgan fingerprint density at radius 3 is 2.97 bits per heavy atom. The number of ether oxygens (including phenoxy) is 1. The second kappa shape index (κ2) is 8.88. The molecule has 1 aliphatic heterocycles. The van der Waals surface area contributed by atoms with Crippen molar-refractivity contribution in [3.05, 3.63) is 66.2 Å². The van der Waals surface area contributed by atoms with Crippen LogP contribution in [0.1, 0.15) is 28.9 Å². The molecule has 0 spiro atoms. The number of carbonyl (C=O) groups excluding carboxylic acids is 1. The molecule has 162 valence electrons. The highest BCUT2D eigenvalue weighted by Gasteiger charge is 2.17. The fraction of sp³-hybridized carbons (Fsp3) is 0.280. The Labute approximate surface area is 186 Å². The molecule has 1 atom stereocenters. The van der Waals surface area contributed by atoms with E-state index in [0.29, 0.717) is 18.1 Å². The monoisotopic (exact) mass is 427 g/mol. The van der Waals surface area contributed by atoms with Gasteiger partial charge in [0.2, 0.25) is 0 Å². The van der Waals surface area contributed by atoms with Crippen LogP contribution in [0.2, 0.25) is 0 Å². The van der Waals surface area contributed by atoms with Crippen LogP contribution in [-0.4, -0.2) is 45.6 Å². The molecular weight excluding hydrogens is 402 g/mol. The van der Waals surface area contributed by atoms with E-state index in [-0.39, 0.29) is 5.97 Å². The van der Waals surface area contributed by atoms with Crippen LogP contribution >= 0.6 is 0 Å². The number of esters is 1. The van der Waals surface area contributed by atoms with E-state index in [1.807, 2.05) is 49.4 Å². The Morgan fingerprint density at radius 2 is 2.12 bits per heavy atom. The molecule has 0 aliphatic carbocycles. The number of fused-ring (bicyclic) bond motifs is 1. The molecule has 1 aromatic carbocycles. The second-order valence-electron chi connectivity index (χ2n) is 8.23. The Balaban J connectivity index is 1.41. The average Bonchev–Trinajstić information content (AvgIpc) is 3.32. The first-order valence-electron chi connectivity index (χ1n) is 10.9. The molecule has 3 aromatic heterocycles. The smallest absolute Gasteiger partial charge is 0.339 e. The number of nitrogens with one attached hydrogen (secondary N) is 2. The van der Waals surface area contributed by atoms with Gasteiger partial charge < -0.3 is 15.0 Å². The maximum atomic E-state index is 12.6. The predicted molar refractivity (Wildman–Crippen MR) is 123 cm³/mol. The molecule has 32 heavy (non-hydrogen) atoms. The fourth-order valence-corrected chi connectivity index (χ4v) is 4.12. The summed E-state index contributed by atoms with van der Waals surface area (Å²) in [5.41, 5.74) is 5.65. The fourth-order valence-electron chi connectivity index (χ4n) is 4.12. The number of carbonyl (C=O) groups is 1. The van der Waals surface area contributed by atoms with Crippen molar-refractivity contribution < 1.29 is 9.53 Å². The molecule has 5 rings (SSSR count). The average molecular weight is 428 g/mol. The minimum atomic E-state index is -0.334. The Hall–Kier alpha value is -3.58. The van der Waals surface area contributed by atoms with Gasteiger partial charge in [-0.05, 0) is 56.6 Å². The lowest BCUT2D eigenvalue weighted by molar-refractivity contribution is 0.0420. The van der Waals surface area contributed by atoms with E-state index < -0.39 is 0 Å². The Morgan fingerprint density at radius 1 is 1.19 bits per heavy atom. The topological polar surface area (TPSA) is 92.8 Å². The summed E-state index contributed by atoms with van der Waals surface area (Å²) in [4.78, 5) is 29.4. The molecule has 7 nitrogen and oxygen atoms in total. The molecule has 0 saturated carbocycles. The van der Waals surface area contributed by atoms with Crippen LogP contribution in [0.3, 0.4) is 0 Å². The SMILES string of the molecule is Cc1cccc(-c2[nH]cnc2-c2ccc3ncc(C(=O)OC[C@@H]4CCCNC4)cc3c2)n1. The van der Waals surface area contributed by atoms with Crippen molar-refractivity contribution in [3.8, 4) is 22.6 Å². The zero-order chi connectivity index (χ0) is 21.9. The third-order valence-electron chi connectivity index (χ3n) is 5.82. The van der Waals surface area contributed by atoms with Gasteiger partial charge in [0.1, 0.15) is 0 Å². The summed E-state index contributed by atoms with van der Waals surface area (Å²) in [5.74, 6) is 0.0424. The summed E-state index contributed by atoms with van der Waals surface area (Å²) in [7, 11) is 0. The molecule has 0 unspecified atom stereocenters. The molecule has 1 fully saturated rings. The highest BCUT2D eigenvalue weighted by Crippen LogP contribution is 2.30. The van der Waals surface area contributed by atoms with Crippen LogP contribution in [0.4, 0.5) is 0 Å². The van der Waals surface area contributed by atoms with E-state index in [0.717, 1.165) is 65.2 Å². The van der Waals surface area contributed by atoms with E-state index in [9.17, 15) is 4.79 Å². The predicted octanol–water partition coefficient (Wildman–Crippen LogP) is 4.15. The molecule has 0 amide bonds. The van der Waals surface area contributed by atoms with Gasteiger partial charge in [0.25, 0.3) is 0 Å². The van der Waals surface area contributed by atoms with Crippen molar-refractivity contribution in [1.29, 1.82) is 0 Å². The summed E-state index contributed by atoms with van der Waals surface area (Å²) >= 11 is 0. The largest absolute Gasteiger partial charge is 0.462 e. The number of aromatic nitrogens is 4. The number of H-pyrrole nitrogens is 1. The van der Waals surface area contributed by atoms with Crippen LogP contribution in [0.25, 0.3) is 33.5 Å². The van der Waals surface area contributed by atoms with E-state index in [1.165, 1.54) is 0 Å². The van der Waals surface area contributed by atoms with E-state index in [2.05, 4.69) is 25.3 Å². The summed E-state index contributed by atoms with van der Waals surface area (Å²) in [6.45, 7) is 4.34.